The average Bonchev–Trinajstić information content (AvgIpc) is 3.24. The summed E-state index contributed by atoms with van der Waals surface area (Å²) in [5.41, 5.74) is 2.68. The largest absolute Gasteiger partial charge is 0.497 e. The molecule has 30 heavy (non-hydrogen) atoms. The number of hydrogen-bond acceptors (Lipinski definition) is 6. The predicted octanol–water partition coefficient (Wildman–Crippen LogP) is 4.56. The van der Waals surface area contributed by atoms with E-state index < -0.39 is 0 Å². The molecule has 1 N–H and O–H groups in total. The number of benzene rings is 2. The van der Waals surface area contributed by atoms with Gasteiger partial charge in [-0.05, 0) is 55.7 Å². The number of fused-ring (bicyclic) bond motifs is 1. The number of para-hydroxylation sites is 1. The van der Waals surface area contributed by atoms with Crippen LogP contribution in [-0.4, -0.2) is 39.9 Å². The van der Waals surface area contributed by atoms with E-state index in [1.165, 1.54) is 19.3 Å². The third-order valence-corrected chi connectivity index (χ3v) is 5.41. The van der Waals surface area contributed by atoms with Crippen molar-refractivity contribution in [2.75, 3.05) is 30.4 Å². The fraction of sp³-hybridized carbons (Fsp3) is 0.261. The molecule has 0 saturated carbocycles. The van der Waals surface area contributed by atoms with Crippen LogP contribution in [0.2, 0.25) is 0 Å². The van der Waals surface area contributed by atoms with Gasteiger partial charge in [0, 0.05) is 18.8 Å². The van der Waals surface area contributed by atoms with Crippen molar-refractivity contribution < 1.29 is 4.74 Å². The molecule has 3 heterocycles. The normalized spacial score (nSPS) is 14.1. The number of nitrogens with zero attached hydrogens (tertiary/aromatic N) is 5. The molecule has 2 aromatic heterocycles. The smallest absolute Gasteiger partial charge is 0.231 e. The van der Waals surface area contributed by atoms with Gasteiger partial charge in [0.25, 0.3) is 0 Å². The Hall–Kier alpha value is -3.61. The molecule has 4 aromatic rings. The molecule has 1 aliphatic heterocycles. The first kappa shape index (κ1) is 18.4. The highest BCUT2D eigenvalue weighted by Crippen LogP contribution is 2.30. The minimum absolute atomic E-state index is 0.561. The van der Waals surface area contributed by atoms with E-state index in [1.54, 1.807) is 7.11 Å². The molecule has 7 heteroatoms. The van der Waals surface area contributed by atoms with Gasteiger partial charge in [-0.15, -0.1) is 0 Å². The van der Waals surface area contributed by atoms with Gasteiger partial charge < -0.3 is 15.0 Å². The standard InChI is InChI=1S/C23H24N6O/c1-30-19-12-10-17(11-13-19)25-23-26-21(28-14-6-3-7-15-28)20-16-24-29(22(20)27-23)18-8-4-2-5-9-18/h2,4-5,8-13,16H,3,6-7,14-15H2,1H3,(H,25,26,27). The van der Waals surface area contributed by atoms with Gasteiger partial charge in [-0.3, -0.25) is 0 Å². The quantitative estimate of drug-likeness (QED) is 0.530. The Labute approximate surface area is 175 Å². The highest BCUT2D eigenvalue weighted by Gasteiger charge is 2.20. The van der Waals surface area contributed by atoms with Crippen LogP contribution >= 0.6 is 0 Å². The van der Waals surface area contributed by atoms with E-state index in [1.807, 2.05) is 65.5 Å². The van der Waals surface area contributed by atoms with Gasteiger partial charge in [-0.25, -0.2) is 4.68 Å². The SMILES string of the molecule is COc1ccc(Nc2nc(N3CCCCC3)c3cnn(-c4ccccc4)c3n2)cc1. The summed E-state index contributed by atoms with van der Waals surface area (Å²) in [6.07, 6.45) is 5.51. The van der Waals surface area contributed by atoms with Crippen molar-refractivity contribution in [3.8, 4) is 11.4 Å². The zero-order valence-corrected chi connectivity index (χ0v) is 17.0. The molecule has 7 nitrogen and oxygen atoms in total. The Morgan fingerprint density at radius 2 is 1.67 bits per heavy atom. The molecule has 152 valence electrons. The zero-order valence-electron chi connectivity index (χ0n) is 17.0. The van der Waals surface area contributed by atoms with Gasteiger partial charge in [0.1, 0.15) is 11.6 Å². The summed E-state index contributed by atoms with van der Waals surface area (Å²) in [6.45, 7) is 2.01. The molecule has 0 unspecified atom stereocenters. The number of hydrogen-bond donors (Lipinski definition) is 1. The van der Waals surface area contributed by atoms with Crippen molar-refractivity contribution in [3.63, 3.8) is 0 Å². The number of aromatic nitrogens is 4. The number of piperidine rings is 1. The number of nitrogens with one attached hydrogen (secondary N) is 1. The van der Waals surface area contributed by atoms with Crippen LogP contribution in [0.3, 0.4) is 0 Å². The van der Waals surface area contributed by atoms with Gasteiger partial charge in [0.05, 0.1) is 24.4 Å². The summed E-state index contributed by atoms with van der Waals surface area (Å²) in [5, 5.41) is 8.96. The van der Waals surface area contributed by atoms with Crippen molar-refractivity contribution in [1.29, 1.82) is 0 Å². The number of rotatable bonds is 5. The summed E-state index contributed by atoms with van der Waals surface area (Å²) in [4.78, 5) is 12.1. The molecule has 1 fully saturated rings. The van der Waals surface area contributed by atoms with Crippen LogP contribution in [0.25, 0.3) is 16.7 Å². The van der Waals surface area contributed by atoms with E-state index in [0.717, 1.165) is 47.1 Å². The van der Waals surface area contributed by atoms with E-state index >= 15 is 0 Å². The Balaban J connectivity index is 1.60. The van der Waals surface area contributed by atoms with Crippen molar-refractivity contribution in [1.82, 2.24) is 19.7 Å². The highest BCUT2D eigenvalue weighted by atomic mass is 16.5. The molecule has 0 amide bonds. The van der Waals surface area contributed by atoms with E-state index in [-0.39, 0.29) is 0 Å². The summed E-state index contributed by atoms with van der Waals surface area (Å²) in [6, 6.07) is 17.8. The molecule has 2 aromatic carbocycles. The summed E-state index contributed by atoms with van der Waals surface area (Å²) in [7, 11) is 1.66. The summed E-state index contributed by atoms with van der Waals surface area (Å²) in [5.74, 6) is 2.32. The van der Waals surface area contributed by atoms with E-state index in [0.29, 0.717) is 5.95 Å². The first-order valence-corrected chi connectivity index (χ1v) is 10.3. The minimum Gasteiger partial charge on any atom is -0.497 e. The van der Waals surface area contributed by atoms with Crippen molar-refractivity contribution >= 4 is 28.5 Å². The topological polar surface area (TPSA) is 68.1 Å². The number of ether oxygens (including phenoxy) is 1. The fourth-order valence-electron chi connectivity index (χ4n) is 3.86. The highest BCUT2D eigenvalue weighted by molar-refractivity contribution is 5.89. The van der Waals surface area contributed by atoms with Crippen LogP contribution in [0, 0.1) is 0 Å². The zero-order chi connectivity index (χ0) is 20.3. The van der Waals surface area contributed by atoms with Crippen LogP contribution in [0.4, 0.5) is 17.5 Å². The maximum atomic E-state index is 5.25. The van der Waals surface area contributed by atoms with Gasteiger partial charge in [0.2, 0.25) is 5.95 Å². The van der Waals surface area contributed by atoms with Gasteiger partial charge in [-0.1, -0.05) is 18.2 Å². The predicted molar refractivity (Wildman–Crippen MR) is 119 cm³/mol. The lowest BCUT2D eigenvalue weighted by Gasteiger charge is -2.28. The van der Waals surface area contributed by atoms with Gasteiger partial charge >= 0.3 is 0 Å². The van der Waals surface area contributed by atoms with E-state index in [9.17, 15) is 0 Å². The molecule has 1 saturated heterocycles. The number of anilines is 3. The average molecular weight is 400 g/mol. The van der Waals surface area contributed by atoms with Crippen LogP contribution in [0.15, 0.2) is 60.8 Å². The molecular weight excluding hydrogens is 376 g/mol. The molecule has 5 rings (SSSR count). The third-order valence-electron chi connectivity index (χ3n) is 5.41. The number of methoxy groups -OCH3 is 1. The van der Waals surface area contributed by atoms with E-state index in [4.69, 9.17) is 14.7 Å². The van der Waals surface area contributed by atoms with Crippen molar-refractivity contribution in [2.24, 2.45) is 0 Å². The molecule has 0 bridgehead atoms. The summed E-state index contributed by atoms with van der Waals surface area (Å²) >= 11 is 0. The Kier molecular flexibility index (Phi) is 4.93. The minimum atomic E-state index is 0.561. The van der Waals surface area contributed by atoms with Crippen LogP contribution in [-0.2, 0) is 0 Å². The lowest BCUT2D eigenvalue weighted by atomic mass is 10.1. The van der Waals surface area contributed by atoms with E-state index in [2.05, 4.69) is 15.3 Å². The maximum absolute atomic E-state index is 5.25. The Morgan fingerprint density at radius 1 is 0.900 bits per heavy atom. The second kappa shape index (κ2) is 8.02. The maximum Gasteiger partial charge on any atom is 0.231 e. The molecule has 1 aliphatic rings. The lowest BCUT2D eigenvalue weighted by Crippen LogP contribution is -2.30. The van der Waals surface area contributed by atoms with Gasteiger partial charge in [0.15, 0.2) is 5.65 Å². The summed E-state index contributed by atoms with van der Waals surface area (Å²) < 4.78 is 7.13. The van der Waals surface area contributed by atoms with Crippen molar-refractivity contribution in [2.45, 2.75) is 19.3 Å². The molecule has 0 radical (unpaired) electrons. The van der Waals surface area contributed by atoms with Crippen LogP contribution < -0.4 is 15.0 Å². The fourth-order valence-corrected chi connectivity index (χ4v) is 3.86. The Morgan fingerprint density at radius 3 is 2.40 bits per heavy atom. The molecule has 0 spiro atoms. The second-order valence-electron chi connectivity index (χ2n) is 7.40. The third kappa shape index (κ3) is 3.54. The Bertz CT molecular complexity index is 1130. The van der Waals surface area contributed by atoms with Crippen LogP contribution in [0.1, 0.15) is 19.3 Å². The van der Waals surface area contributed by atoms with Crippen LogP contribution in [0.5, 0.6) is 5.75 Å². The molecular formula is C23H24N6O. The first-order valence-electron chi connectivity index (χ1n) is 10.3. The second-order valence-corrected chi connectivity index (χ2v) is 7.40. The van der Waals surface area contributed by atoms with Crippen molar-refractivity contribution in [3.05, 3.63) is 60.8 Å². The monoisotopic (exact) mass is 400 g/mol. The molecule has 0 atom stereocenters. The molecule has 0 aliphatic carbocycles. The lowest BCUT2D eigenvalue weighted by molar-refractivity contribution is 0.415. The van der Waals surface area contributed by atoms with Gasteiger partial charge in [-0.2, -0.15) is 15.1 Å². The first-order chi connectivity index (χ1) is 14.8.